The lowest BCUT2D eigenvalue weighted by molar-refractivity contribution is -0.130. The quantitative estimate of drug-likeness (QED) is 0.213. The molecule has 1 heterocycles. The van der Waals surface area contributed by atoms with Crippen molar-refractivity contribution in [2.45, 2.75) is 58.4 Å². The Bertz CT molecular complexity index is 482. The van der Waals surface area contributed by atoms with E-state index >= 15 is 0 Å². The van der Waals surface area contributed by atoms with Gasteiger partial charge in [-0.1, -0.05) is 13.3 Å². The maximum Gasteiger partial charge on any atom is 0.223 e. The Morgan fingerprint density at radius 3 is 2.54 bits per heavy atom. The zero-order valence-electron chi connectivity index (χ0n) is 16.1. The van der Waals surface area contributed by atoms with Gasteiger partial charge in [0.05, 0.1) is 0 Å². The highest BCUT2D eigenvalue weighted by atomic mass is 127. The molecule has 1 aliphatic carbocycles. The maximum atomic E-state index is 11.8. The zero-order valence-corrected chi connectivity index (χ0v) is 18.4. The third kappa shape index (κ3) is 7.28. The Morgan fingerprint density at radius 1 is 1.15 bits per heavy atom. The molecule has 2 amide bonds. The second-order valence-corrected chi connectivity index (χ2v) is 6.86. The number of amides is 2. The number of rotatable bonds is 8. The Balaban J connectivity index is 0.00000338. The Hall–Kier alpha value is -1.06. The lowest BCUT2D eigenvalue weighted by Gasteiger charge is -2.23. The minimum Gasteiger partial charge on any atom is -0.357 e. The predicted molar refractivity (Wildman–Crippen MR) is 115 cm³/mol. The molecule has 150 valence electrons. The average molecular weight is 479 g/mol. The third-order valence-electron chi connectivity index (χ3n) is 4.91. The van der Waals surface area contributed by atoms with Gasteiger partial charge in [0.2, 0.25) is 11.8 Å². The number of hydrogen-bond acceptors (Lipinski definition) is 3. The first kappa shape index (κ1) is 23.0. The van der Waals surface area contributed by atoms with Crippen LogP contribution in [0.4, 0.5) is 0 Å². The molecule has 26 heavy (non-hydrogen) atoms. The maximum absolute atomic E-state index is 11.8. The molecule has 0 spiro atoms. The molecule has 0 bridgehead atoms. The molecular weight excluding hydrogens is 445 g/mol. The van der Waals surface area contributed by atoms with Crippen molar-refractivity contribution in [3.05, 3.63) is 0 Å². The minimum atomic E-state index is 0. The zero-order chi connectivity index (χ0) is 18.1. The summed E-state index contributed by atoms with van der Waals surface area (Å²) in [7, 11) is 0. The summed E-state index contributed by atoms with van der Waals surface area (Å²) < 4.78 is 0. The number of likely N-dealkylation sites (tertiary alicyclic amines) is 1. The summed E-state index contributed by atoms with van der Waals surface area (Å²) in [4.78, 5) is 30.0. The number of nitrogens with zero attached hydrogens (tertiary/aromatic N) is 2. The summed E-state index contributed by atoms with van der Waals surface area (Å²) in [6, 6.07) is 0.256. The summed E-state index contributed by atoms with van der Waals surface area (Å²) in [6.07, 6.45) is 5.61. The highest BCUT2D eigenvalue weighted by molar-refractivity contribution is 14.0. The van der Waals surface area contributed by atoms with Crippen LogP contribution in [-0.4, -0.2) is 61.4 Å². The number of guanidine groups is 1. The van der Waals surface area contributed by atoms with Gasteiger partial charge in [0.15, 0.2) is 5.96 Å². The molecule has 1 aliphatic heterocycles. The molecule has 8 heteroatoms. The van der Waals surface area contributed by atoms with Gasteiger partial charge in [-0.25, -0.2) is 0 Å². The SMILES string of the molecule is CCNC(=NCCCNC(=O)C1CCC1)NC1CCN(C(=O)CC)C1.I. The highest BCUT2D eigenvalue weighted by Gasteiger charge is 2.26. The van der Waals surface area contributed by atoms with Crippen LogP contribution in [0.15, 0.2) is 4.99 Å². The second-order valence-electron chi connectivity index (χ2n) is 6.86. The molecule has 2 rings (SSSR count). The third-order valence-corrected chi connectivity index (χ3v) is 4.91. The second kappa shape index (κ2) is 12.3. The van der Waals surface area contributed by atoms with Crippen LogP contribution in [0.1, 0.15) is 52.4 Å². The predicted octanol–water partition coefficient (Wildman–Crippen LogP) is 1.48. The van der Waals surface area contributed by atoms with E-state index in [0.29, 0.717) is 19.5 Å². The number of carbonyl (C=O) groups excluding carboxylic acids is 2. The van der Waals surface area contributed by atoms with E-state index < -0.39 is 0 Å². The largest absolute Gasteiger partial charge is 0.357 e. The number of nitrogens with one attached hydrogen (secondary N) is 3. The van der Waals surface area contributed by atoms with Crippen molar-refractivity contribution in [2.24, 2.45) is 10.9 Å². The van der Waals surface area contributed by atoms with E-state index in [1.54, 1.807) is 0 Å². The molecular formula is C18H34IN5O2. The van der Waals surface area contributed by atoms with Crippen LogP contribution in [0.5, 0.6) is 0 Å². The van der Waals surface area contributed by atoms with Gasteiger partial charge in [0.1, 0.15) is 0 Å². The molecule has 1 unspecified atom stereocenters. The normalized spacial score (nSPS) is 20.2. The molecule has 1 saturated heterocycles. The van der Waals surface area contributed by atoms with E-state index in [1.807, 2.05) is 18.7 Å². The molecule has 7 nitrogen and oxygen atoms in total. The van der Waals surface area contributed by atoms with Gasteiger partial charge in [-0.05, 0) is 32.6 Å². The molecule has 0 radical (unpaired) electrons. The first-order valence-electron chi connectivity index (χ1n) is 9.74. The van der Waals surface area contributed by atoms with Crippen LogP contribution in [0.25, 0.3) is 0 Å². The van der Waals surface area contributed by atoms with E-state index in [4.69, 9.17) is 0 Å². The van der Waals surface area contributed by atoms with Crippen molar-refractivity contribution in [3.8, 4) is 0 Å². The summed E-state index contributed by atoms with van der Waals surface area (Å²) in [5.74, 6) is 1.46. The highest BCUT2D eigenvalue weighted by Crippen LogP contribution is 2.26. The number of hydrogen-bond donors (Lipinski definition) is 3. The molecule has 1 atom stereocenters. The molecule has 2 fully saturated rings. The lowest BCUT2D eigenvalue weighted by Crippen LogP contribution is -2.45. The summed E-state index contributed by atoms with van der Waals surface area (Å²) in [6.45, 7) is 7.65. The van der Waals surface area contributed by atoms with Gasteiger partial charge >= 0.3 is 0 Å². The van der Waals surface area contributed by atoms with E-state index in [2.05, 4.69) is 20.9 Å². The molecule has 0 aromatic rings. The summed E-state index contributed by atoms with van der Waals surface area (Å²) in [5.41, 5.74) is 0. The molecule has 0 aromatic heterocycles. The van der Waals surface area contributed by atoms with Crippen LogP contribution in [0.3, 0.4) is 0 Å². The average Bonchev–Trinajstić information content (AvgIpc) is 3.00. The standard InChI is InChI=1S/C18H33N5O2.HI/c1-3-16(24)23-12-9-15(13-23)22-18(19-4-2)21-11-6-10-20-17(25)14-7-5-8-14;/h14-15H,3-13H2,1-2H3,(H,20,25)(H2,19,21,22);1H. The summed E-state index contributed by atoms with van der Waals surface area (Å²) >= 11 is 0. The molecule has 2 aliphatic rings. The smallest absolute Gasteiger partial charge is 0.223 e. The van der Waals surface area contributed by atoms with E-state index in [1.165, 1.54) is 6.42 Å². The van der Waals surface area contributed by atoms with Crippen LogP contribution < -0.4 is 16.0 Å². The van der Waals surface area contributed by atoms with Crippen LogP contribution in [-0.2, 0) is 9.59 Å². The lowest BCUT2D eigenvalue weighted by atomic mass is 9.85. The Labute approximate surface area is 174 Å². The topological polar surface area (TPSA) is 85.8 Å². The first-order chi connectivity index (χ1) is 12.1. The fourth-order valence-electron chi connectivity index (χ4n) is 3.14. The number of carbonyl (C=O) groups is 2. The van der Waals surface area contributed by atoms with Gasteiger partial charge in [0, 0.05) is 51.1 Å². The van der Waals surface area contributed by atoms with Crippen LogP contribution in [0, 0.1) is 5.92 Å². The van der Waals surface area contributed by atoms with Gasteiger partial charge in [-0.3, -0.25) is 14.6 Å². The first-order valence-corrected chi connectivity index (χ1v) is 9.74. The van der Waals surface area contributed by atoms with Crippen molar-refractivity contribution in [3.63, 3.8) is 0 Å². The number of halogens is 1. The number of aliphatic imine (C=N–C) groups is 1. The van der Waals surface area contributed by atoms with Crippen LogP contribution in [0.2, 0.25) is 0 Å². The Kier molecular flexibility index (Phi) is 10.9. The minimum absolute atomic E-state index is 0. The van der Waals surface area contributed by atoms with Crippen molar-refractivity contribution >= 4 is 41.8 Å². The van der Waals surface area contributed by atoms with Gasteiger partial charge in [0.25, 0.3) is 0 Å². The van der Waals surface area contributed by atoms with E-state index in [-0.39, 0.29) is 47.8 Å². The fraction of sp³-hybridized carbons (Fsp3) is 0.833. The van der Waals surface area contributed by atoms with E-state index in [0.717, 1.165) is 51.3 Å². The van der Waals surface area contributed by atoms with E-state index in [9.17, 15) is 9.59 Å². The monoisotopic (exact) mass is 479 g/mol. The molecule has 3 N–H and O–H groups in total. The van der Waals surface area contributed by atoms with Crippen molar-refractivity contribution in [1.82, 2.24) is 20.9 Å². The van der Waals surface area contributed by atoms with Crippen LogP contribution >= 0.6 is 24.0 Å². The van der Waals surface area contributed by atoms with Crippen molar-refractivity contribution in [1.29, 1.82) is 0 Å². The molecule has 0 aromatic carbocycles. The van der Waals surface area contributed by atoms with Crippen molar-refractivity contribution < 1.29 is 9.59 Å². The summed E-state index contributed by atoms with van der Waals surface area (Å²) in [5, 5.41) is 9.67. The molecule has 1 saturated carbocycles. The fourth-order valence-corrected chi connectivity index (χ4v) is 3.14. The van der Waals surface area contributed by atoms with Gasteiger partial charge < -0.3 is 20.9 Å². The Morgan fingerprint density at radius 2 is 1.92 bits per heavy atom. The van der Waals surface area contributed by atoms with Crippen molar-refractivity contribution in [2.75, 3.05) is 32.7 Å². The van der Waals surface area contributed by atoms with Gasteiger partial charge in [-0.2, -0.15) is 0 Å². The van der Waals surface area contributed by atoms with Gasteiger partial charge in [-0.15, -0.1) is 24.0 Å².